The average molecular weight is 427 g/mol. The number of nitrogens with one attached hydrogen (secondary N) is 1. The number of nitrogens with zero attached hydrogens (tertiary/aromatic N) is 4. The summed E-state index contributed by atoms with van der Waals surface area (Å²) in [6, 6.07) is 15.1. The minimum Gasteiger partial charge on any atom is -0.491 e. The standard InChI is InChI=1S/C21H26N6O2S/c1-14(2)29-18-7-5-6-15(12-18)20-24-25-21(27(20)22)30-13-19(28)23-16-8-10-17(11-9-16)26(3)4/h5-12,14H,13,22H2,1-4H3,(H,23,28). The summed E-state index contributed by atoms with van der Waals surface area (Å²) in [7, 11) is 3.93. The molecule has 0 aliphatic carbocycles. The lowest BCUT2D eigenvalue weighted by Crippen LogP contribution is -2.16. The van der Waals surface area contributed by atoms with Crippen molar-refractivity contribution in [2.75, 3.05) is 35.9 Å². The first kappa shape index (κ1) is 21.5. The van der Waals surface area contributed by atoms with E-state index in [1.54, 1.807) is 0 Å². The lowest BCUT2D eigenvalue weighted by molar-refractivity contribution is -0.113. The molecule has 0 spiro atoms. The van der Waals surface area contributed by atoms with Crippen LogP contribution in [0.15, 0.2) is 53.7 Å². The van der Waals surface area contributed by atoms with Crippen LogP contribution in [0.25, 0.3) is 11.4 Å². The Morgan fingerprint density at radius 2 is 1.93 bits per heavy atom. The molecule has 3 N–H and O–H groups in total. The predicted octanol–water partition coefficient (Wildman–Crippen LogP) is 3.24. The molecule has 1 aromatic heterocycles. The van der Waals surface area contributed by atoms with Crippen molar-refractivity contribution < 1.29 is 9.53 Å². The number of hydrogen-bond donors (Lipinski definition) is 2. The summed E-state index contributed by atoms with van der Waals surface area (Å²) in [4.78, 5) is 14.3. The maximum Gasteiger partial charge on any atom is 0.234 e. The fraction of sp³-hybridized carbons (Fsp3) is 0.286. The fourth-order valence-electron chi connectivity index (χ4n) is 2.72. The maximum atomic E-state index is 12.3. The molecule has 0 saturated carbocycles. The van der Waals surface area contributed by atoms with E-state index in [9.17, 15) is 4.79 Å². The third kappa shape index (κ3) is 5.44. The van der Waals surface area contributed by atoms with Gasteiger partial charge in [0.05, 0.1) is 11.9 Å². The average Bonchev–Trinajstić information content (AvgIpc) is 3.07. The minimum absolute atomic E-state index is 0.0692. The number of nitrogen functional groups attached to an aromatic ring is 1. The molecule has 30 heavy (non-hydrogen) atoms. The largest absolute Gasteiger partial charge is 0.491 e. The zero-order chi connectivity index (χ0) is 21.7. The first-order valence-corrected chi connectivity index (χ1v) is 10.5. The second-order valence-corrected chi connectivity index (χ2v) is 8.09. The zero-order valence-electron chi connectivity index (χ0n) is 17.5. The number of nitrogens with two attached hydrogens (primary N) is 1. The highest BCUT2D eigenvalue weighted by molar-refractivity contribution is 7.99. The van der Waals surface area contributed by atoms with Crippen LogP contribution in [0.1, 0.15) is 13.8 Å². The number of amides is 1. The highest BCUT2D eigenvalue weighted by atomic mass is 32.2. The van der Waals surface area contributed by atoms with Gasteiger partial charge in [-0.05, 0) is 50.2 Å². The molecule has 1 amide bonds. The third-order valence-electron chi connectivity index (χ3n) is 4.13. The van der Waals surface area contributed by atoms with E-state index in [0.29, 0.717) is 11.0 Å². The van der Waals surface area contributed by atoms with Crippen LogP contribution in [-0.2, 0) is 4.79 Å². The highest BCUT2D eigenvalue weighted by Gasteiger charge is 2.15. The Hall–Kier alpha value is -3.20. The molecule has 9 heteroatoms. The topological polar surface area (TPSA) is 98.3 Å². The normalized spacial score (nSPS) is 10.8. The van der Waals surface area contributed by atoms with Crippen LogP contribution in [-0.4, -0.2) is 46.7 Å². The minimum atomic E-state index is -0.144. The molecule has 0 fully saturated rings. The van der Waals surface area contributed by atoms with Crippen molar-refractivity contribution in [3.63, 3.8) is 0 Å². The second-order valence-electron chi connectivity index (χ2n) is 7.15. The first-order chi connectivity index (χ1) is 14.3. The summed E-state index contributed by atoms with van der Waals surface area (Å²) >= 11 is 1.23. The van der Waals surface area contributed by atoms with Crippen LogP contribution in [0.5, 0.6) is 5.75 Å². The Balaban J connectivity index is 1.62. The molecule has 2 aromatic carbocycles. The Bertz CT molecular complexity index is 1000. The van der Waals surface area contributed by atoms with E-state index in [1.165, 1.54) is 16.4 Å². The molecule has 0 aliphatic rings. The zero-order valence-corrected chi connectivity index (χ0v) is 18.3. The molecular formula is C21H26N6O2S. The highest BCUT2D eigenvalue weighted by Crippen LogP contribution is 2.25. The Kier molecular flexibility index (Phi) is 6.83. The number of anilines is 2. The first-order valence-electron chi connectivity index (χ1n) is 9.51. The number of carbonyl (C=O) groups excluding carboxylic acids is 1. The molecule has 1 heterocycles. The summed E-state index contributed by atoms with van der Waals surface area (Å²) in [6.07, 6.45) is 0.0692. The van der Waals surface area contributed by atoms with Crippen molar-refractivity contribution in [2.24, 2.45) is 0 Å². The Labute approximate surface area is 180 Å². The van der Waals surface area contributed by atoms with E-state index in [1.807, 2.05) is 81.4 Å². The lowest BCUT2D eigenvalue weighted by Gasteiger charge is -2.13. The van der Waals surface area contributed by atoms with Gasteiger partial charge in [-0.15, -0.1) is 10.2 Å². The van der Waals surface area contributed by atoms with Gasteiger partial charge in [0.2, 0.25) is 11.1 Å². The van der Waals surface area contributed by atoms with Gasteiger partial charge in [-0.3, -0.25) is 4.79 Å². The van der Waals surface area contributed by atoms with E-state index < -0.39 is 0 Å². The summed E-state index contributed by atoms with van der Waals surface area (Å²) in [5.74, 6) is 7.43. The van der Waals surface area contributed by atoms with Crippen molar-refractivity contribution in [1.82, 2.24) is 14.9 Å². The number of ether oxygens (including phenoxy) is 1. The molecule has 0 aliphatic heterocycles. The molecule has 0 atom stereocenters. The number of thioether (sulfide) groups is 1. The van der Waals surface area contributed by atoms with Crippen LogP contribution >= 0.6 is 11.8 Å². The lowest BCUT2D eigenvalue weighted by atomic mass is 10.2. The Morgan fingerprint density at radius 1 is 1.20 bits per heavy atom. The van der Waals surface area contributed by atoms with Crippen LogP contribution in [0, 0.1) is 0 Å². The van der Waals surface area contributed by atoms with Crippen LogP contribution in [0.2, 0.25) is 0 Å². The van der Waals surface area contributed by atoms with Gasteiger partial charge in [0, 0.05) is 31.0 Å². The smallest absolute Gasteiger partial charge is 0.234 e. The number of aromatic nitrogens is 3. The number of rotatable bonds is 8. The van der Waals surface area contributed by atoms with Crippen molar-refractivity contribution in [1.29, 1.82) is 0 Å². The number of hydrogen-bond acceptors (Lipinski definition) is 7. The van der Waals surface area contributed by atoms with Gasteiger partial charge < -0.3 is 20.8 Å². The summed E-state index contributed by atoms with van der Waals surface area (Å²) in [5.41, 5.74) is 2.59. The van der Waals surface area contributed by atoms with Crippen LogP contribution in [0.4, 0.5) is 11.4 Å². The van der Waals surface area contributed by atoms with Crippen molar-refractivity contribution in [3.8, 4) is 17.1 Å². The van der Waals surface area contributed by atoms with Gasteiger partial charge in [-0.2, -0.15) is 0 Å². The Morgan fingerprint density at radius 3 is 2.60 bits per heavy atom. The van der Waals surface area contributed by atoms with E-state index in [2.05, 4.69) is 15.5 Å². The summed E-state index contributed by atoms with van der Waals surface area (Å²) < 4.78 is 7.11. The third-order valence-corrected chi connectivity index (χ3v) is 5.07. The van der Waals surface area contributed by atoms with Crippen molar-refractivity contribution in [3.05, 3.63) is 48.5 Å². The van der Waals surface area contributed by atoms with E-state index in [-0.39, 0.29) is 17.8 Å². The molecule has 158 valence electrons. The quantitative estimate of drug-likeness (QED) is 0.421. The van der Waals surface area contributed by atoms with Gasteiger partial charge in [0.1, 0.15) is 5.75 Å². The molecule has 3 rings (SSSR count). The van der Waals surface area contributed by atoms with E-state index in [4.69, 9.17) is 10.6 Å². The molecule has 8 nitrogen and oxygen atoms in total. The van der Waals surface area contributed by atoms with Gasteiger partial charge in [0.15, 0.2) is 5.82 Å². The van der Waals surface area contributed by atoms with Gasteiger partial charge >= 0.3 is 0 Å². The van der Waals surface area contributed by atoms with Crippen molar-refractivity contribution >= 4 is 29.0 Å². The summed E-state index contributed by atoms with van der Waals surface area (Å²) in [6.45, 7) is 3.93. The molecular weight excluding hydrogens is 400 g/mol. The maximum absolute atomic E-state index is 12.3. The molecule has 0 bridgehead atoms. The SMILES string of the molecule is CC(C)Oc1cccc(-c2nnc(SCC(=O)Nc3ccc(N(C)C)cc3)n2N)c1. The molecule has 3 aromatic rings. The molecule has 0 unspecified atom stereocenters. The molecule has 0 radical (unpaired) electrons. The summed E-state index contributed by atoms with van der Waals surface area (Å²) in [5, 5.41) is 11.6. The van der Waals surface area contributed by atoms with Gasteiger partial charge in [-0.25, -0.2) is 4.68 Å². The van der Waals surface area contributed by atoms with Crippen LogP contribution < -0.4 is 20.8 Å². The monoisotopic (exact) mass is 426 g/mol. The fourth-order valence-corrected chi connectivity index (χ4v) is 3.38. The van der Waals surface area contributed by atoms with Gasteiger partial charge in [0.25, 0.3) is 0 Å². The van der Waals surface area contributed by atoms with E-state index >= 15 is 0 Å². The van der Waals surface area contributed by atoms with Gasteiger partial charge in [-0.1, -0.05) is 23.9 Å². The second kappa shape index (κ2) is 9.53. The van der Waals surface area contributed by atoms with Crippen LogP contribution in [0.3, 0.4) is 0 Å². The van der Waals surface area contributed by atoms with E-state index in [0.717, 1.165) is 22.7 Å². The predicted molar refractivity (Wildman–Crippen MR) is 121 cm³/mol. The molecule has 0 saturated heterocycles. The number of benzene rings is 2. The van der Waals surface area contributed by atoms with Crippen molar-refractivity contribution in [2.45, 2.75) is 25.1 Å². The number of carbonyl (C=O) groups is 1.